The van der Waals surface area contributed by atoms with Gasteiger partial charge >= 0.3 is 0 Å². The van der Waals surface area contributed by atoms with Crippen molar-refractivity contribution in [2.75, 3.05) is 5.43 Å². The van der Waals surface area contributed by atoms with Crippen molar-refractivity contribution < 1.29 is 4.39 Å². The first-order valence-electron chi connectivity index (χ1n) is 5.48. The molecule has 0 saturated carbocycles. The van der Waals surface area contributed by atoms with Gasteiger partial charge in [0.05, 0.1) is 16.2 Å². The van der Waals surface area contributed by atoms with E-state index in [2.05, 4.69) is 10.4 Å². The summed E-state index contributed by atoms with van der Waals surface area (Å²) in [7, 11) is 0. The molecule has 2 aromatic rings. The average Bonchev–Trinajstić information content (AvgIpc) is 2.74. The summed E-state index contributed by atoms with van der Waals surface area (Å²) in [5, 5.41) is 0.976. The minimum absolute atomic E-state index is 0.325. The monoisotopic (exact) mass is 251 g/mol. The summed E-state index contributed by atoms with van der Waals surface area (Å²) >= 11 is 6.02. The number of nitrogen functional groups attached to an aromatic ring is 1. The van der Waals surface area contributed by atoms with Gasteiger partial charge in [0.2, 0.25) is 0 Å². The quantitative estimate of drug-likeness (QED) is 0.605. The molecule has 0 saturated heterocycles. The number of rotatable bonds is 1. The van der Waals surface area contributed by atoms with E-state index in [9.17, 15) is 4.39 Å². The van der Waals surface area contributed by atoms with Gasteiger partial charge in [-0.2, -0.15) is 0 Å². The molecule has 1 aliphatic carbocycles. The smallest absolute Gasteiger partial charge is 0.125 e. The highest BCUT2D eigenvalue weighted by Crippen LogP contribution is 2.36. The van der Waals surface area contributed by atoms with Crippen LogP contribution in [0.4, 0.5) is 10.1 Å². The molecule has 0 bridgehead atoms. The van der Waals surface area contributed by atoms with Crippen LogP contribution in [0.1, 0.15) is 17.7 Å². The van der Waals surface area contributed by atoms with E-state index in [0.717, 1.165) is 36.2 Å². The SMILES string of the molecule is NNc1c2c(nc3c(Cl)cc(F)cc13)CCC2. The number of nitrogens with zero attached hydrogens (tertiary/aromatic N) is 1. The predicted octanol–water partition coefficient (Wildman–Crippen LogP) is 2.80. The normalized spacial score (nSPS) is 14.1. The fourth-order valence-corrected chi connectivity index (χ4v) is 2.70. The molecule has 3 nitrogen and oxygen atoms in total. The van der Waals surface area contributed by atoms with Gasteiger partial charge in [0.25, 0.3) is 0 Å². The lowest BCUT2D eigenvalue weighted by atomic mass is 10.1. The minimum atomic E-state index is -0.376. The van der Waals surface area contributed by atoms with Gasteiger partial charge in [-0.3, -0.25) is 10.8 Å². The number of nitrogens with two attached hydrogens (primary N) is 1. The first kappa shape index (κ1) is 10.7. The van der Waals surface area contributed by atoms with Crippen molar-refractivity contribution in [3.63, 3.8) is 0 Å². The van der Waals surface area contributed by atoms with Crippen LogP contribution in [0.3, 0.4) is 0 Å². The number of pyridine rings is 1. The molecule has 5 heteroatoms. The van der Waals surface area contributed by atoms with Crippen LogP contribution >= 0.6 is 11.6 Å². The van der Waals surface area contributed by atoms with Crippen molar-refractivity contribution in [3.05, 3.63) is 34.2 Å². The molecule has 1 aliphatic rings. The van der Waals surface area contributed by atoms with Crippen molar-refractivity contribution in [1.82, 2.24) is 4.98 Å². The van der Waals surface area contributed by atoms with Crippen LogP contribution in [0.25, 0.3) is 10.9 Å². The molecule has 17 heavy (non-hydrogen) atoms. The van der Waals surface area contributed by atoms with E-state index in [4.69, 9.17) is 17.4 Å². The Bertz CT molecular complexity index is 612. The number of aryl methyl sites for hydroxylation is 1. The van der Waals surface area contributed by atoms with Crippen molar-refractivity contribution in [2.45, 2.75) is 19.3 Å². The third-order valence-corrected chi connectivity index (χ3v) is 3.47. The summed E-state index contributed by atoms with van der Waals surface area (Å²) in [5.74, 6) is 5.17. The van der Waals surface area contributed by atoms with Gasteiger partial charge < -0.3 is 5.43 Å². The number of benzene rings is 1. The van der Waals surface area contributed by atoms with E-state index in [0.29, 0.717) is 15.9 Å². The summed E-state index contributed by atoms with van der Waals surface area (Å²) in [6, 6.07) is 2.69. The highest BCUT2D eigenvalue weighted by molar-refractivity contribution is 6.35. The molecule has 3 rings (SSSR count). The topological polar surface area (TPSA) is 50.9 Å². The van der Waals surface area contributed by atoms with E-state index in [1.165, 1.54) is 12.1 Å². The number of hydrogen-bond donors (Lipinski definition) is 2. The van der Waals surface area contributed by atoms with Gasteiger partial charge in [-0.25, -0.2) is 4.39 Å². The highest BCUT2D eigenvalue weighted by atomic mass is 35.5. The Kier molecular flexibility index (Phi) is 2.42. The molecule has 0 radical (unpaired) electrons. The zero-order chi connectivity index (χ0) is 12.0. The number of halogens is 2. The maximum atomic E-state index is 13.4. The van der Waals surface area contributed by atoms with Crippen molar-refractivity contribution in [2.24, 2.45) is 5.84 Å². The molecule has 0 aliphatic heterocycles. The number of hydrogen-bond acceptors (Lipinski definition) is 3. The Labute approximate surface area is 103 Å². The number of nitrogens with one attached hydrogen (secondary N) is 1. The Morgan fingerprint density at radius 3 is 2.94 bits per heavy atom. The van der Waals surface area contributed by atoms with Crippen LogP contribution in [0.5, 0.6) is 0 Å². The van der Waals surface area contributed by atoms with Crippen LogP contribution in [0, 0.1) is 5.82 Å². The molecular formula is C12H11ClFN3. The van der Waals surface area contributed by atoms with Crippen molar-refractivity contribution in [1.29, 1.82) is 0 Å². The van der Waals surface area contributed by atoms with Crippen molar-refractivity contribution in [3.8, 4) is 0 Å². The molecular weight excluding hydrogens is 241 g/mol. The highest BCUT2D eigenvalue weighted by Gasteiger charge is 2.20. The maximum Gasteiger partial charge on any atom is 0.125 e. The third-order valence-electron chi connectivity index (χ3n) is 3.18. The lowest BCUT2D eigenvalue weighted by Gasteiger charge is -2.12. The summed E-state index contributed by atoms with van der Waals surface area (Å²) in [6.45, 7) is 0. The van der Waals surface area contributed by atoms with E-state index < -0.39 is 0 Å². The minimum Gasteiger partial charge on any atom is -0.323 e. The number of anilines is 1. The molecule has 0 unspecified atom stereocenters. The zero-order valence-electron chi connectivity index (χ0n) is 9.06. The number of hydrazine groups is 1. The van der Waals surface area contributed by atoms with E-state index >= 15 is 0 Å². The van der Waals surface area contributed by atoms with Gasteiger partial charge in [-0.1, -0.05) is 11.6 Å². The zero-order valence-corrected chi connectivity index (χ0v) is 9.81. The first-order chi connectivity index (χ1) is 8.20. The van der Waals surface area contributed by atoms with E-state index in [1.807, 2.05) is 0 Å². The lowest BCUT2D eigenvalue weighted by Crippen LogP contribution is -2.11. The van der Waals surface area contributed by atoms with Gasteiger partial charge in [-0.05, 0) is 37.0 Å². The Balaban J connectivity index is 2.45. The number of fused-ring (bicyclic) bond motifs is 2. The van der Waals surface area contributed by atoms with E-state index in [1.54, 1.807) is 0 Å². The third kappa shape index (κ3) is 1.56. The van der Waals surface area contributed by atoms with Gasteiger partial charge in [-0.15, -0.1) is 0 Å². The Morgan fingerprint density at radius 2 is 2.18 bits per heavy atom. The molecule has 0 fully saturated rings. The molecule has 1 aromatic heterocycles. The first-order valence-corrected chi connectivity index (χ1v) is 5.85. The van der Waals surface area contributed by atoms with Gasteiger partial charge in [0, 0.05) is 11.1 Å². The molecule has 3 N–H and O–H groups in total. The average molecular weight is 252 g/mol. The van der Waals surface area contributed by atoms with Gasteiger partial charge in [0.1, 0.15) is 5.82 Å². The Morgan fingerprint density at radius 1 is 1.35 bits per heavy atom. The second-order valence-corrected chi connectivity index (χ2v) is 4.60. The standard InChI is InChI=1S/C12H11ClFN3/c13-9-5-6(14)4-8-11(17-15)7-2-1-3-10(7)16-12(8)9/h4-5H,1-3,15H2,(H,16,17). The fourth-order valence-electron chi connectivity index (χ4n) is 2.45. The second kappa shape index (κ2) is 3.82. The summed E-state index contributed by atoms with van der Waals surface area (Å²) in [4.78, 5) is 4.51. The molecule has 0 atom stereocenters. The van der Waals surface area contributed by atoms with Crippen LogP contribution in [0.15, 0.2) is 12.1 Å². The lowest BCUT2D eigenvalue weighted by molar-refractivity contribution is 0.629. The summed E-state index contributed by atoms with van der Waals surface area (Å²) < 4.78 is 13.4. The predicted molar refractivity (Wildman–Crippen MR) is 66.5 cm³/mol. The molecule has 88 valence electrons. The van der Waals surface area contributed by atoms with Crippen molar-refractivity contribution >= 4 is 28.2 Å². The molecule has 0 spiro atoms. The Hall–Kier alpha value is -1.39. The van der Waals surface area contributed by atoms with Crippen LogP contribution < -0.4 is 11.3 Å². The number of aromatic nitrogens is 1. The second-order valence-electron chi connectivity index (χ2n) is 4.19. The summed E-state index contributed by atoms with van der Waals surface area (Å²) in [6.07, 6.45) is 2.90. The molecule has 0 amide bonds. The molecule has 1 heterocycles. The van der Waals surface area contributed by atoms with Crippen LogP contribution in [-0.4, -0.2) is 4.98 Å². The molecule has 1 aromatic carbocycles. The van der Waals surface area contributed by atoms with Gasteiger partial charge in [0.15, 0.2) is 0 Å². The van der Waals surface area contributed by atoms with Crippen LogP contribution in [-0.2, 0) is 12.8 Å². The fraction of sp³-hybridized carbons (Fsp3) is 0.250. The maximum absolute atomic E-state index is 13.4. The van der Waals surface area contributed by atoms with E-state index in [-0.39, 0.29) is 5.82 Å². The largest absolute Gasteiger partial charge is 0.323 e. The summed E-state index contributed by atoms with van der Waals surface area (Å²) in [5.41, 5.74) is 6.12. The van der Waals surface area contributed by atoms with Crippen LogP contribution in [0.2, 0.25) is 5.02 Å².